The molecule has 194 valence electrons. The number of carbonyl (C=O) groups is 1. The van der Waals surface area contributed by atoms with E-state index < -0.39 is 11.6 Å². The lowest BCUT2D eigenvalue weighted by atomic mass is 9.78. The van der Waals surface area contributed by atoms with E-state index in [1.807, 2.05) is 11.8 Å². The standard InChI is InChI=1S/C25H29F2N9O/c1-14-17(12-28)10-18(26)11-19(14)21-4-5-32-36(21)25(37)35-8-6-34(7-9-35)24-31-13-20(27)23(33-24)22(15(2)29)16(3)30/h5,10-11,13-14,19,21,29H,4,6-9,30H2,1-3H3/t14?,19?,21-/m0/s1. The Morgan fingerprint density at radius 3 is 2.57 bits per heavy atom. The largest absolute Gasteiger partial charge is 0.402 e. The third-order valence-electron chi connectivity index (χ3n) is 6.92. The van der Waals surface area contributed by atoms with Crippen molar-refractivity contribution in [3.05, 3.63) is 47.0 Å². The first-order valence-electron chi connectivity index (χ1n) is 12.0. The maximum atomic E-state index is 14.5. The Balaban J connectivity index is 1.46. The Kier molecular flexibility index (Phi) is 7.33. The van der Waals surface area contributed by atoms with Crippen LogP contribution in [0, 0.1) is 34.4 Å². The highest BCUT2D eigenvalue weighted by molar-refractivity contribution is 6.21. The number of hydrogen-bond donors (Lipinski definition) is 2. The van der Waals surface area contributed by atoms with Crippen LogP contribution in [0.5, 0.6) is 0 Å². The minimum absolute atomic E-state index is 0.0297. The summed E-state index contributed by atoms with van der Waals surface area (Å²) in [5.74, 6) is -1.48. The van der Waals surface area contributed by atoms with E-state index in [2.05, 4.69) is 21.1 Å². The second-order valence-corrected chi connectivity index (χ2v) is 9.38. The van der Waals surface area contributed by atoms with E-state index >= 15 is 0 Å². The number of nitrogens with two attached hydrogens (primary N) is 1. The van der Waals surface area contributed by atoms with Gasteiger partial charge in [0.2, 0.25) is 5.95 Å². The van der Waals surface area contributed by atoms with E-state index in [1.54, 1.807) is 18.0 Å². The van der Waals surface area contributed by atoms with Gasteiger partial charge in [0, 0.05) is 67.3 Å². The molecule has 2 aliphatic heterocycles. The number of urea groups is 1. The third-order valence-corrected chi connectivity index (χ3v) is 6.92. The van der Waals surface area contributed by atoms with Gasteiger partial charge in [0.1, 0.15) is 11.5 Å². The van der Waals surface area contributed by atoms with Gasteiger partial charge in [-0.05, 0) is 31.9 Å². The number of aromatic nitrogens is 2. The number of carbonyl (C=O) groups excluding carboxylic acids is 1. The third kappa shape index (κ3) is 5.07. The van der Waals surface area contributed by atoms with Crippen molar-refractivity contribution < 1.29 is 13.6 Å². The fourth-order valence-electron chi connectivity index (χ4n) is 4.97. The van der Waals surface area contributed by atoms with Crippen molar-refractivity contribution in [2.24, 2.45) is 22.7 Å². The number of nitriles is 1. The molecule has 0 radical (unpaired) electrons. The van der Waals surface area contributed by atoms with E-state index in [-0.39, 0.29) is 52.5 Å². The minimum Gasteiger partial charge on any atom is -0.402 e. The molecule has 3 aliphatic rings. The lowest BCUT2D eigenvalue weighted by Crippen LogP contribution is -2.54. The lowest BCUT2D eigenvalue weighted by molar-refractivity contribution is 0.122. The summed E-state index contributed by atoms with van der Waals surface area (Å²) >= 11 is 0. The number of rotatable bonds is 4. The Morgan fingerprint density at radius 1 is 1.24 bits per heavy atom. The van der Waals surface area contributed by atoms with Crippen LogP contribution in [-0.4, -0.2) is 70.1 Å². The van der Waals surface area contributed by atoms with Crippen LogP contribution in [0.25, 0.3) is 5.57 Å². The molecule has 3 atom stereocenters. The average Bonchev–Trinajstić information content (AvgIpc) is 3.35. The molecular weight excluding hydrogens is 480 g/mol. The van der Waals surface area contributed by atoms with Crippen LogP contribution in [0.3, 0.4) is 0 Å². The van der Waals surface area contributed by atoms with Crippen LogP contribution in [-0.2, 0) is 0 Å². The summed E-state index contributed by atoms with van der Waals surface area (Å²) in [6.07, 6.45) is 5.88. The summed E-state index contributed by atoms with van der Waals surface area (Å²) < 4.78 is 28.7. The maximum absolute atomic E-state index is 14.5. The Bertz CT molecular complexity index is 1270. The second-order valence-electron chi connectivity index (χ2n) is 9.38. The van der Waals surface area contributed by atoms with E-state index in [0.717, 1.165) is 6.20 Å². The zero-order valence-electron chi connectivity index (χ0n) is 20.9. The van der Waals surface area contributed by atoms with Crippen molar-refractivity contribution in [1.29, 1.82) is 10.7 Å². The number of anilines is 1. The highest BCUT2D eigenvalue weighted by Gasteiger charge is 2.40. The van der Waals surface area contributed by atoms with Gasteiger partial charge in [-0.3, -0.25) is 0 Å². The number of piperazine rings is 1. The van der Waals surface area contributed by atoms with Crippen LogP contribution in [0.4, 0.5) is 19.5 Å². The number of hydrogen-bond acceptors (Lipinski definition) is 8. The molecule has 10 nitrogen and oxygen atoms in total. The quantitative estimate of drug-likeness (QED) is 0.598. The van der Waals surface area contributed by atoms with Gasteiger partial charge >= 0.3 is 6.03 Å². The summed E-state index contributed by atoms with van der Waals surface area (Å²) in [6.45, 7) is 6.46. The molecule has 1 aromatic rings. The van der Waals surface area contributed by atoms with Crippen molar-refractivity contribution in [1.82, 2.24) is 19.9 Å². The molecule has 0 bridgehead atoms. The first-order valence-corrected chi connectivity index (χ1v) is 12.0. The molecule has 2 unspecified atom stereocenters. The molecule has 4 rings (SSSR count). The first kappa shape index (κ1) is 25.9. The van der Waals surface area contributed by atoms with Crippen LogP contribution in [0.1, 0.15) is 32.9 Å². The van der Waals surface area contributed by atoms with Gasteiger partial charge in [0.05, 0.1) is 18.3 Å². The maximum Gasteiger partial charge on any atom is 0.340 e. The molecule has 3 N–H and O–H groups in total. The molecule has 37 heavy (non-hydrogen) atoms. The lowest BCUT2D eigenvalue weighted by Gasteiger charge is -2.39. The van der Waals surface area contributed by atoms with Crippen molar-refractivity contribution >= 4 is 29.5 Å². The molecule has 0 aromatic carbocycles. The number of nitrogens with zero attached hydrogens (tertiary/aromatic N) is 7. The van der Waals surface area contributed by atoms with Gasteiger partial charge < -0.3 is 20.9 Å². The molecule has 1 aromatic heterocycles. The summed E-state index contributed by atoms with van der Waals surface area (Å²) in [5.41, 5.74) is 6.79. The fraction of sp³-hybridized carbons (Fsp3) is 0.440. The van der Waals surface area contributed by atoms with Crippen LogP contribution >= 0.6 is 0 Å². The first-order chi connectivity index (χ1) is 17.6. The fourth-order valence-corrected chi connectivity index (χ4v) is 4.97. The zero-order chi connectivity index (χ0) is 26.9. The smallest absolute Gasteiger partial charge is 0.340 e. The molecular formula is C25H29F2N9O. The SMILES string of the molecule is CC(=N)C(=C(C)N)c1nc(N2CCN(C(=O)N3N=CC[C@H]3C3C=C(F)C=C(C#N)C3C)CC2)ncc1F. The summed E-state index contributed by atoms with van der Waals surface area (Å²) in [4.78, 5) is 25.3. The minimum atomic E-state index is -0.668. The van der Waals surface area contributed by atoms with Crippen molar-refractivity contribution in [3.63, 3.8) is 0 Å². The highest BCUT2D eigenvalue weighted by Crippen LogP contribution is 2.36. The number of amides is 2. The van der Waals surface area contributed by atoms with Gasteiger partial charge in [-0.1, -0.05) is 6.92 Å². The van der Waals surface area contributed by atoms with Crippen molar-refractivity contribution in [2.75, 3.05) is 31.1 Å². The molecule has 3 heterocycles. The van der Waals surface area contributed by atoms with Gasteiger partial charge in [-0.25, -0.2) is 28.6 Å². The van der Waals surface area contributed by atoms with E-state index in [4.69, 9.17) is 11.1 Å². The van der Waals surface area contributed by atoms with Gasteiger partial charge in [0.15, 0.2) is 5.82 Å². The van der Waals surface area contributed by atoms with E-state index in [9.17, 15) is 18.8 Å². The van der Waals surface area contributed by atoms with Crippen molar-refractivity contribution in [3.8, 4) is 6.07 Å². The number of halogens is 2. The van der Waals surface area contributed by atoms with E-state index in [1.165, 1.54) is 24.1 Å². The normalized spacial score (nSPS) is 24.3. The monoisotopic (exact) mass is 509 g/mol. The number of hydrazone groups is 1. The average molecular weight is 510 g/mol. The van der Waals surface area contributed by atoms with Crippen LogP contribution < -0.4 is 10.6 Å². The van der Waals surface area contributed by atoms with Crippen LogP contribution in [0.2, 0.25) is 0 Å². The summed E-state index contributed by atoms with van der Waals surface area (Å²) in [6, 6.07) is 1.37. The number of nitrogens with one attached hydrogen (secondary N) is 1. The molecule has 1 aliphatic carbocycles. The van der Waals surface area contributed by atoms with Gasteiger partial charge in [0.25, 0.3) is 0 Å². The Hall–Kier alpha value is -4.14. The van der Waals surface area contributed by atoms with Gasteiger partial charge in [-0.15, -0.1) is 0 Å². The highest BCUT2D eigenvalue weighted by atomic mass is 19.1. The predicted octanol–water partition coefficient (Wildman–Crippen LogP) is 3.22. The van der Waals surface area contributed by atoms with Crippen molar-refractivity contribution in [2.45, 2.75) is 33.2 Å². The number of allylic oxidation sites excluding steroid dienone is 5. The van der Waals surface area contributed by atoms with Gasteiger partial charge in [-0.2, -0.15) is 10.4 Å². The molecule has 12 heteroatoms. The molecule has 1 fully saturated rings. The van der Waals surface area contributed by atoms with E-state index in [0.29, 0.717) is 38.2 Å². The molecule has 0 saturated carbocycles. The molecule has 0 spiro atoms. The summed E-state index contributed by atoms with van der Waals surface area (Å²) in [7, 11) is 0. The topological polar surface area (TPSA) is 139 Å². The predicted molar refractivity (Wildman–Crippen MR) is 136 cm³/mol. The summed E-state index contributed by atoms with van der Waals surface area (Å²) in [5, 5.41) is 23.0. The second kappa shape index (κ2) is 10.5. The zero-order valence-corrected chi connectivity index (χ0v) is 20.9. The molecule has 1 saturated heterocycles. The Labute approximate surface area is 214 Å². The Morgan fingerprint density at radius 2 is 1.95 bits per heavy atom. The van der Waals surface area contributed by atoms with Crippen LogP contribution in [0.15, 0.2) is 40.5 Å². The molecule has 2 amide bonds.